The van der Waals surface area contributed by atoms with E-state index in [-0.39, 0.29) is 0 Å². The van der Waals surface area contributed by atoms with E-state index in [4.69, 9.17) is 19.7 Å². The quantitative estimate of drug-likeness (QED) is 0.173. The van der Waals surface area contributed by atoms with Gasteiger partial charge in [0.2, 0.25) is 0 Å². The zero-order chi connectivity index (χ0) is 44.1. The molecule has 0 amide bonds. The Kier molecular flexibility index (Phi) is 8.13. The Hall–Kier alpha value is -8.93. The molecule has 1 atom stereocenters. The zero-order valence-corrected chi connectivity index (χ0v) is 36.1. The molecule has 1 aliphatic carbocycles. The molecule has 1 aliphatic heterocycles. The van der Waals surface area contributed by atoms with Crippen LogP contribution < -0.4 is 4.74 Å². The maximum atomic E-state index is 7.20. The summed E-state index contributed by atoms with van der Waals surface area (Å²) in [4.78, 5) is 16.0. The Morgan fingerprint density at radius 1 is 0.358 bits per heavy atom. The van der Waals surface area contributed by atoms with Gasteiger partial charge in [-0.2, -0.15) is 0 Å². The topological polar surface area (TPSA) is 52.8 Å². The molecule has 10 aromatic carbocycles. The van der Waals surface area contributed by atoms with Crippen LogP contribution >= 0.6 is 0 Å². The first-order valence-electron chi connectivity index (χ1n) is 22.8. The maximum absolute atomic E-state index is 7.20. The number of hydrogen-bond acceptors (Lipinski definition) is 4. The van der Waals surface area contributed by atoms with E-state index < -0.39 is 5.41 Å². The summed E-state index contributed by atoms with van der Waals surface area (Å²) >= 11 is 0. The van der Waals surface area contributed by atoms with Crippen LogP contribution in [-0.2, 0) is 5.41 Å². The number of fused-ring (bicyclic) bond motifs is 13. The summed E-state index contributed by atoms with van der Waals surface area (Å²) in [7, 11) is 0. The first-order chi connectivity index (χ1) is 33.2. The van der Waals surface area contributed by atoms with E-state index in [0.717, 1.165) is 78.3 Å². The monoisotopic (exact) mass is 854 g/mol. The molecule has 12 aromatic rings. The fraction of sp³-hybridized carbons (Fsp3) is 0.0161. The Balaban J connectivity index is 1.02. The van der Waals surface area contributed by atoms with Crippen LogP contribution in [0.3, 0.4) is 0 Å². The summed E-state index contributed by atoms with van der Waals surface area (Å²) < 4.78 is 9.57. The van der Waals surface area contributed by atoms with Gasteiger partial charge in [-0.05, 0) is 74.5 Å². The molecule has 0 saturated carbocycles. The highest BCUT2D eigenvalue weighted by Crippen LogP contribution is 2.64. The summed E-state index contributed by atoms with van der Waals surface area (Å²) in [6.07, 6.45) is 0. The van der Waals surface area contributed by atoms with Crippen molar-refractivity contribution < 1.29 is 4.74 Å². The van der Waals surface area contributed by atoms with Crippen molar-refractivity contribution in [2.75, 3.05) is 0 Å². The van der Waals surface area contributed by atoms with Gasteiger partial charge in [0, 0.05) is 38.6 Å². The number of aromatic nitrogens is 4. The van der Waals surface area contributed by atoms with Gasteiger partial charge in [-0.1, -0.05) is 200 Å². The molecule has 0 bridgehead atoms. The van der Waals surface area contributed by atoms with Crippen molar-refractivity contribution in [1.29, 1.82) is 0 Å². The molecule has 0 saturated heterocycles. The third-order valence-corrected chi connectivity index (χ3v) is 13.9. The highest BCUT2D eigenvalue weighted by Gasteiger charge is 2.52. The number of ether oxygens (including phenoxy) is 1. The van der Waals surface area contributed by atoms with Gasteiger partial charge in [0.1, 0.15) is 5.75 Å². The Morgan fingerprint density at radius 3 is 1.73 bits per heavy atom. The molecular weight excluding hydrogens is 817 g/mol. The second kappa shape index (κ2) is 14.5. The van der Waals surface area contributed by atoms with Crippen LogP contribution in [0.25, 0.3) is 94.7 Å². The van der Waals surface area contributed by atoms with Gasteiger partial charge in [-0.3, -0.25) is 0 Å². The largest absolute Gasteiger partial charge is 0.454 e. The highest BCUT2D eigenvalue weighted by molar-refractivity contribution is 6.09. The lowest BCUT2D eigenvalue weighted by atomic mass is 9.66. The van der Waals surface area contributed by atoms with Crippen molar-refractivity contribution in [1.82, 2.24) is 19.5 Å². The van der Waals surface area contributed by atoms with E-state index in [0.29, 0.717) is 17.5 Å². The standard InChI is InChI=1S/C62H38N4O/c1-2-19-40(20-3-1)59-63-60(42-23-14-22-41(38-42)44-28-15-21-39-18-4-5-24-43(39)44)65-61(64-59)48-29-16-32-51-57(48)47-27-6-9-30-49(47)62(51)50-31-10-13-37-56(50)67-58-52(62)33-17-36-55(58)66-53-34-11-7-25-45(53)46-26-8-12-35-54(46)66/h1-38H. The second-order valence-corrected chi connectivity index (χ2v) is 17.4. The molecular formula is C62H38N4O. The molecule has 14 rings (SSSR count). The van der Waals surface area contributed by atoms with Crippen LogP contribution in [0.5, 0.6) is 11.5 Å². The average molecular weight is 855 g/mol. The Labute approximate surface area is 386 Å². The number of rotatable bonds is 5. The summed E-state index contributed by atoms with van der Waals surface area (Å²) in [5.41, 5.74) is 14.3. The normalized spacial score (nSPS) is 14.4. The van der Waals surface area contributed by atoms with Crippen molar-refractivity contribution in [2.24, 2.45) is 0 Å². The average Bonchev–Trinajstić information content (AvgIpc) is 3.89. The smallest absolute Gasteiger partial charge is 0.164 e. The lowest BCUT2D eigenvalue weighted by Crippen LogP contribution is -2.32. The van der Waals surface area contributed by atoms with Gasteiger partial charge < -0.3 is 9.30 Å². The van der Waals surface area contributed by atoms with Crippen molar-refractivity contribution in [3.63, 3.8) is 0 Å². The minimum atomic E-state index is -0.730. The van der Waals surface area contributed by atoms with Crippen LogP contribution in [-0.4, -0.2) is 19.5 Å². The van der Waals surface area contributed by atoms with E-state index in [2.05, 4.69) is 217 Å². The van der Waals surface area contributed by atoms with Crippen LogP contribution in [0.1, 0.15) is 22.3 Å². The van der Waals surface area contributed by atoms with Crippen molar-refractivity contribution in [2.45, 2.75) is 5.41 Å². The summed E-state index contributed by atoms with van der Waals surface area (Å²) in [5, 5.41) is 4.81. The fourth-order valence-corrected chi connectivity index (χ4v) is 11.1. The minimum Gasteiger partial charge on any atom is -0.454 e. The van der Waals surface area contributed by atoms with Crippen molar-refractivity contribution in [3.8, 4) is 73.6 Å². The molecule has 1 unspecified atom stereocenters. The molecule has 2 aromatic heterocycles. The van der Waals surface area contributed by atoms with Gasteiger partial charge in [0.15, 0.2) is 23.2 Å². The van der Waals surface area contributed by atoms with Crippen molar-refractivity contribution in [3.05, 3.63) is 253 Å². The molecule has 312 valence electrons. The second-order valence-electron chi connectivity index (χ2n) is 17.4. The summed E-state index contributed by atoms with van der Waals surface area (Å²) in [6, 6.07) is 81.9. The van der Waals surface area contributed by atoms with E-state index in [1.807, 2.05) is 18.2 Å². The molecule has 0 radical (unpaired) electrons. The third kappa shape index (κ3) is 5.46. The first kappa shape index (κ1) is 37.4. The zero-order valence-electron chi connectivity index (χ0n) is 36.1. The number of para-hydroxylation sites is 4. The predicted octanol–water partition coefficient (Wildman–Crippen LogP) is 15.3. The van der Waals surface area contributed by atoms with Crippen LogP contribution in [0.4, 0.5) is 0 Å². The van der Waals surface area contributed by atoms with E-state index in [9.17, 15) is 0 Å². The van der Waals surface area contributed by atoms with Crippen LogP contribution in [0, 0.1) is 0 Å². The summed E-state index contributed by atoms with van der Waals surface area (Å²) in [6.45, 7) is 0. The number of nitrogens with zero attached hydrogens (tertiary/aromatic N) is 4. The van der Waals surface area contributed by atoms with E-state index >= 15 is 0 Å². The Morgan fingerprint density at radius 2 is 0.896 bits per heavy atom. The molecule has 3 heterocycles. The van der Waals surface area contributed by atoms with Gasteiger partial charge in [-0.25, -0.2) is 15.0 Å². The maximum Gasteiger partial charge on any atom is 0.164 e. The van der Waals surface area contributed by atoms with Gasteiger partial charge in [0.05, 0.1) is 22.1 Å². The SMILES string of the molecule is c1ccc(-c2nc(-c3cccc(-c4cccc5ccccc45)c3)nc(-c3cccc4c3-c3ccccc3C43c4ccccc4Oc4c(-n5c6ccccc6c6ccccc65)cccc43)n2)cc1. The summed E-state index contributed by atoms with van der Waals surface area (Å²) in [5.74, 6) is 3.51. The third-order valence-electron chi connectivity index (χ3n) is 13.9. The molecule has 67 heavy (non-hydrogen) atoms. The van der Waals surface area contributed by atoms with Crippen LogP contribution in [0.15, 0.2) is 231 Å². The number of benzene rings is 10. The van der Waals surface area contributed by atoms with Crippen molar-refractivity contribution >= 4 is 32.6 Å². The Bertz CT molecular complexity index is 3930. The number of hydrogen-bond donors (Lipinski definition) is 0. The predicted molar refractivity (Wildman–Crippen MR) is 271 cm³/mol. The molecule has 5 nitrogen and oxygen atoms in total. The molecule has 2 aliphatic rings. The molecule has 5 heteroatoms. The van der Waals surface area contributed by atoms with Crippen LogP contribution in [0.2, 0.25) is 0 Å². The van der Waals surface area contributed by atoms with Gasteiger partial charge in [-0.15, -0.1) is 0 Å². The fourth-order valence-electron chi connectivity index (χ4n) is 11.1. The first-order valence-corrected chi connectivity index (χ1v) is 22.8. The van der Waals surface area contributed by atoms with Gasteiger partial charge in [0.25, 0.3) is 0 Å². The molecule has 0 N–H and O–H groups in total. The minimum absolute atomic E-state index is 0.613. The highest BCUT2D eigenvalue weighted by atomic mass is 16.5. The van der Waals surface area contributed by atoms with E-state index in [1.165, 1.54) is 32.7 Å². The van der Waals surface area contributed by atoms with E-state index in [1.54, 1.807) is 0 Å². The lowest BCUT2D eigenvalue weighted by Gasteiger charge is -2.40. The lowest BCUT2D eigenvalue weighted by molar-refractivity contribution is 0.435. The molecule has 0 fully saturated rings. The molecule has 1 spiro atoms. The van der Waals surface area contributed by atoms with Gasteiger partial charge >= 0.3 is 0 Å².